The number of esters is 1. The topological polar surface area (TPSA) is 133 Å². The fourth-order valence-electron chi connectivity index (χ4n) is 4.69. The third-order valence-electron chi connectivity index (χ3n) is 7.79. The minimum Gasteiger partial charge on any atom is -0.465 e. The van der Waals surface area contributed by atoms with E-state index in [0.29, 0.717) is 76.2 Å². The molecule has 0 spiro atoms. The standard InChI is InChI=1S/C35H61N7O4/c1-10-32(44)45-22-17-30-25-42(41-40-30)21-18-35(8,9)46-23-19-34(6,7)39-31(43)12-11-20-36-33-37-28(15-13-26(2)3)24-29(38-33)16-14-27(4)5/h24-27H,10-23H2,1-9H3,(H,39,43)(H,36,37,38). The number of carbonyl (C=O) groups excluding carboxylic acids is 2. The fraction of sp³-hybridized carbons (Fsp3) is 0.771. The van der Waals surface area contributed by atoms with Gasteiger partial charge < -0.3 is 20.1 Å². The Balaban J connectivity index is 1.71. The van der Waals surface area contributed by atoms with Gasteiger partial charge in [-0.1, -0.05) is 39.8 Å². The Morgan fingerprint density at radius 1 is 0.913 bits per heavy atom. The van der Waals surface area contributed by atoms with E-state index >= 15 is 0 Å². The van der Waals surface area contributed by atoms with Crippen molar-refractivity contribution in [1.29, 1.82) is 0 Å². The maximum atomic E-state index is 12.8. The molecule has 2 aromatic heterocycles. The third kappa shape index (κ3) is 17.0. The van der Waals surface area contributed by atoms with Gasteiger partial charge in [0.2, 0.25) is 11.9 Å². The monoisotopic (exact) mass is 643 g/mol. The molecule has 0 fully saturated rings. The van der Waals surface area contributed by atoms with E-state index in [1.54, 1.807) is 11.6 Å². The average molecular weight is 644 g/mol. The molecule has 2 aromatic rings. The van der Waals surface area contributed by atoms with E-state index in [4.69, 9.17) is 19.4 Å². The van der Waals surface area contributed by atoms with Crippen LogP contribution in [0.1, 0.15) is 124 Å². The molecule has 2 N–H and O–H groups in total. The molecule has 260 valence electrons. The number of aryl methyl sites for hydroxylation is 3. The molecule has 11 nitrogen and oxygen atoms in total. The van der Waals surface area contributed by atoms with Gasteiger partial charge in [-0.25, -0.2) is 9.97 Å². The Labute approximate surface area is 277 Å². The molecule has 0 bridgehead atoms. The molecular formula is C35H61N7O4. The van der Waals surface area contributed by atoms with Crippen LogP contribution in [-0.2, 0) is 44.9 Å². The van der Waals surface area contributed by atoms with Gasteiger partial charge in [-0.3, -0.25) is 14.3 Å². The summed E-state index contributed by atoms with van der Waals surface area (Å²) in [5, 5.41) is 14.9. The lowest BCUT2D eigenvalue weighted by Gasteiger charge is -2.30. The second-order valence-electron chi connectivity index (χ2n) is 14.4. The predicted octanol–water partition coefficient (Wildman–Crippen LogP) is 6.10. The first kappa shape index (κ1) is 39.1. The van der Waals surface area contributed by atoms with Crippen LogP contribution in [0.4, 0.5) is 5.95 Å². The van der Waals surface area contributed by atoms with Crippen LogP contribution in [0.3, 0.4) is 0 Å². The van der Waals surface area contributed by atoms with Crippen molar-refractivity contribution in [3.8, 4) is 0 Å². The number of hydrogen-bond acceptors (Lipinski definition) is 9. The lowest BCUT2D eigenvalue weighted by atomic mass is 10.00. The number of ether oxygens (including phenoxy) is 2. The van der Waals surface area contributed by atoms with Gasteiger partial charge in [-0.05, 0) is 90.5 Å². The average Bonchev–Trinajstić information content (AvgIpc) is 3.43. The van der Waals surface area contributed by atoms with E-state index in [0.717, 1.165) is 49.2 Å². The van der Waals surface area contributed by atoms with Gasteiger partial charge in [0.05, 0.1) is 17.9 Å². The minimum atomic E-state index is -0.387. The van der Waals surface area contributed by atoms with Crippen LogP contribution in [0.15, 0.2) is 12.3 Å². The molecule has 0 aliphatic rings. The summed E-state index contributed by atoms with van der Waals surface area (Å²) in [5.41, 5.74) is 2.22. The molecule has 1 amide bonds. The second-order valence-corrected chi connectivity index (χ2v) is 14.4. The van der Waals surface area contributed by atoms with Gasteiger partial charge in [0.1, 0.15) is 0 Å². The number of rotatable bonds is 23. The van der Waals surface area contributed by atoms with Crippen LogP contribution in [0, 0.1) is 11.8 Å². The van der Waals surface area contributed by atoms with Gasteiger partial charge in [0.15, 0.2) is 0 Å². The van der Waals surface area contributed by atoms with Crippen molar-refractivity contribution in [2.24, 2.45) is 11.8 Å². The summed E-state index contributed by atoms with van der Waals surface area (Å²) < 4.78 is 13.1. The van der Waals surface area contributed by atoms with Crippen molar-refractivity contribution in [2.75, 3.05) is 25.1 Å². The van der Waals surface area contributed by atoms with Crippen LogP contribution in [0.2, 0.25) is 0 Å². The Morgan fingerprint density at radius 2 is 1.57 bits per heavy atom. The minimum absolute atomic E-state index is 0.0294. The highest BCUT2D eigenvalue weighted by Crippen LogP contribution is 2.19. The highest BCUT2D eigenvalue weighted by Gasteiger charge is 2.24. The highest BCUT2D eigenvalue weighted by molar-refractivity contribution is 5.76. The van der Waals surface area contributed by atoms with E-state index in [2.05, 4.69) is 68.6 Å². The summed E-state index contributed by atoms with van der Waals surface area (Å²) in [4.78, 5) is 33.6. The number of nitrogens with one attached hydrogen (secondary N) is 2. The van der Waals surface area contributed by atoms with Gasteiger partial charge in [0.25, 0.3) is 0 Å². The quantitative estimate of drug-likeness (QED) is 0.109. The van der Waals surface area contributed by atoms with Crippen molar-refractivity contribution in [2.45, 2.75) is 144 Å². The lowest BCUT2D eigenvalue weighted by molar-refractivity contribution is -0.143. The number of amides is 1. The normalized spacial score (nSPS) is 12.2. The number of aromatic nitrogens is 5. The van der Waals surface area contributed by atoms with E-state index < -0.39 is 0 Å². The van der Waals surface area contributed by atoms with Crippen molar-refractivity contribution < 1.29 is 19.1 Å². The summed E-state index contributed by atoms with van der Waals surface area (Å²) in [6, 6.07) is 2.15. The molecular weight excluding hydrogens is 582 g/mol. The van der Waals surface area contributed by atoms with Crippen molar-refractivity contribution in [1.82, 2.24) is 30.3 Å². The summed E-state index contributed by atoms with van der Waals surface area (Å²) in [7, 11) is 0. The van der Waals surface area contributed by atoms with Crippen molar-refractivity contribution in [3.05, 3.63) is 29.3 Å². The second kappa shape index (κ2) is 19.6. The summed E-state index contributed by atoms with van der Waals surface area (Å²) in [5.74, 6) is 1.74. The van der Waals surface area contributed by atoms with Crippen LogP contribution in [0.5, 0.6) is 0 Å². The first-order chi connectivity index (χ1) is 21.7. The van der Waals surface area contributed by atoms with Gasteiger partial charge in [0, 0.05) is 62.1 Å². The molecule has 0 aromatic carbocycles. The van der Waals surface area contributed by atoms with Crippen molar-refractivity contribution in [3.63, 3.8) is 0 Å². The number of hydrogen-bond donors (Lipinski definition) is 2. The van der Waals surface area contributed by atoms with Crippen LogP contribution >= 0.6 is 0 Å². The zero-order valence-corrected chi connectivity index (χ0v) is 30.1. The highest BCUT2D eigenvalue weighted by atomic mass is 16.5. The number of nitrogens with zero attached hydrogens (tertiary/aromatic N) is 5. The molecule has 2 heterocycles. The zero-order valence-electron chi connectivity index (χ0n) is 30.1. The molecule has 46 heavy (non-hydrogen) atoms. The fourth-order valence-corrected chi connectivity index (χ4v) is 4.69. The first-order valence-corrected chi connectivity index (χ1v) is 17.3. The van der Waals surface area contributed by atoms with Gasteiger partial charge >= 0.3 is 5.97 Å². The lowest BCUT2D eigenvalue weighted by Crippen LogP contribution is -2.44. The maximum Gasteiger partial charge on any atom is 0.305 e. The third-order valence-corrected chi connectivity index (χ3v) is 7.79. The molecule has 0 saturated carbocycles. The van der Waals surface area contributed by atoms with Crippen LogP contribution in [0.25, 0.3) is 0 Å². The SMILES string of the molecule is CCC(=O)OCCc1cn(CCC(C)(C)OCCC(C)(C)NC(=O)CCCNc2nc(CCC(C)C)cc(CCC(C)C)n2)nn1. The Bertz CT molecular complexity index is 1160. The Kier molecular flexibility index (Phi) is 16.6. The maximum absolute atomic E-state index is 12.8. The predicted molar refractivity (Wildman–Crippen MR) is 183 cm³/mol. The number of carbonyl (C=O) groups is 2. The molecule has 0 unspecified atom stereocenters. The van der Waals surface area contributed by atoms with E-state index in [1.165, 1.54) is 0 Å². The van der Waals surface area contributed by atoms with E-state index in [-0.39, 0.29) is 23.0 Å². The van der Waals surface area contributed by atoms with Crippen LogP contribution in [-0.4, -0.2) is 67.7 Å². The summed E-state index contributed by atoms with van der Waals surface area (Å²) in [6.45, 7) is 21.0. The Morgan fingerprint density at radius 3 is 2.17 bits per heavy atom. The summed E-state index contributed by atoms with van der Waals surface area (Å²) in [6.07, 6.45) is 9.47. The van der Waals surface area contributed by atoms with Crippen molar-refractivity contribution >= 4 is 17.8 Å². The Hall–Kier alpha value is -3.08. The molecule has 11 heteroatoms. The first-order valence-electron chi connectivity index (χ1n) is 17.3. The molecule has 0 radical (unpaired) electrons. The molecule has 0 aliphatic heterocycles. The summed E-state index contributed by atoms with van der Waals surface area (Å²) >= 11 is 0. The van der Waals surface area contributed by atoms with Gasteiger partial charge in [-0.15, -0.1) is 5.10 Å². The zero-order chi connectivity index (χ0) is 34.2. The van der Waals surface area contributed by atoms with Crippen LogP contribution < -0.4 is 10.6 Å². The molecule has 0 saturated heterocycles. The molecule has 0 aliphatic carbocycles. The molecule has 0 atom stereocenters. The molecule has 2 rings (SSSR count). The van der Waals surface area contributed by atoms with E-state index in [9.17, 15) is 9.59 Å². The van der Waals surface area contributed by atoms with E-state index in [1.807, 2.05) is 20.0 Å². The smallest absolute Gasteiger partial charge is 0.305 e. The number of anilines is 1. The van der Waals surface area contributed by atoms with Gasteiger partial charge in [-0.2, -0.15) is 0 Å². The largest absolute Gasteiger partial charge is 0.465 e.